The van der Waals surface area contributed by atoms with E-state index in [1.165, 1.54) is 12.1 Å². The van der Waals surface area contributed by atoms with Gasteiger partial charge in [-0.3, -0.25) is 9.59 Å². The number of rotatable bonds is 3. The number of carboxylic acid groups (broad SMARTS) is 1. The maximum Gasteiger partial charge on any atom is 0.418 e. The molecule has 0 aromatic heterocycles. The van der Waals surface area contributed by atoms with Gasteiger partial charge in [-0.05, 0) is 25.0 Å². The van der Waals surface area contributed by atoms with Gasteiger partial charge in [0.15, 0.2) is 0 Å². The number of allylic oxidation sites excluding steroid dienone is 2. The van der Waals surface area contributed by atoms with E-state index in [1.807, 2.05) is 0 Å². The number of alkyl halides is 3. The second-order valence-corrected chi connectivity index (χ2v) is 5.03. The lowest BCUT2D eigenvalue weighted by Crippen LogP contribution is -2.35. The van der Waals surface area contributed by atoms with E-state index < -0.39 is 35.5 Å². The largest absolute Gasteiger partial charge is 0.481 e. The van der Waals surface area contributed by atoms with Crippen LogP contribution in [0.15, 0.2) is 36.4 Å². The summed E-state index contributed by atoms with van der Waals surface area (Å²) in [5.41, 5.74) is -1.32. The summed E-state index contributed by atoms with van der Waals surface area (Å²) in [4.78, 5) is 23.3. The molecular weight excluding hydrogens is 299 g/mol. The molecule has 0 radical (unpaired) electrons. The molecule has 0 spiro atoms. The second-order valence-electron chi connectivity index (χ2n) is 5.03. The highest BCUT2D eigenvalue weighted by atomic mass is 19.4. The van der Waals surface area contributed by atoms with E-state index in [1.54, 1.807) is 12.2 Å². The predicted molar refractivity (Wildman–Crippen MR) is 73.1 cm³/mol. The quantitative estimate of drug-likeness (QED) is 0.841. The van der Waals surface area contributed by atoms with Gasteiger partial charge in [0, 0.05) is 0 Å². The fraction of sp³-hybridized carbons (Fsp3) is 0.333. The summed E-state index contributed by atoms with van der Waals surface area (Å²) in [6.45, 7) is 0. The number of anilines is 1. The van der Waals surface area contributed by atoms with Crippen molar-refractivity contribution in [1.82, 2.24) is 0 Å². The lowest BCUT2D eigenvalue weighted by molar-refractivity contribution is -0.146. The molecule has 7 heteroatoms. The maximum absolute atomic E-state index is 12.9. The normalized spacial score (nSPS) is 21.4. The van der Waals surface area contributed by atoms with Crippen molar-refractivity contribution in [3.05, 3.63) is 42.0 Å². The van der Waals surface area contributed by atoms with Crippen molar-refractivity contribution in [2.45, 2.75) is 19.0 Å². The Balaban J connectivity index is 2.22. The lowest BCUT2D eigenvalue weighted by atomic mass is 9.82. The summed E-state index contributed by atoms with van der Waals surface area (Å²) in [6, 6.07) is 4.61. The zero-order chi connectivity index (χ0) is 16.3. The zero-order valence-electron chi connectivity index (χ0n) is 11.4. The molecule has 2 N–H and O–H groups in total. The van der Waals surface area contributed by atoms with Crippen LogP contribution in [0.3, 0.4) is 0 Å². The molecule has 1 aromatic rings. The topological polar surface area (TPSA) is 66.4 Å². The Kier molecular flexibility index (Phi) is 4.54. The highest BCUT2D eigenvalue weighted by Gasteiger charge is 2.37. The Morgan fingerprint density at radius 3 is 2.27 bits per heavy atom. The van der Waals surface area contributed by atoms with Crippen LogP contribution in [0.25, 0.3) is 0 Å². The molecule has 0 unspecified atom stereocenters. The Hall–Kier alpha value is -2.31. The van der Waals surface area contributed by atoms with Gasteiger partial charge in [0.05, 0.1) is 23.1 Å². The van der Waals surface area contributed by atoms with E-state index in [2.05, 4.69) is 5.32 Å². The molecule has 4 nitrogen and oxygen atoms in total. The van der Waals surface area contributed by atoms with Crippen LogP contribution in [-0.4, -0.2) is 17.0 Å². The van der Waals surface area contributed by atoms with Gasteiger partial charge in [0.25, 0.3) is 0 Å². The number of aliphatic carboxylic acids is 1. The SMILES string of the molecule is O=C(Nc1ccccc1C(F)(F)F)[C@H]1CC=CC[C@H]1C(=O)O. The number of carboxylic acids is 1. The van der Waals surface area contributed by atoms with Gasteiger partial charge >= 0.3 is 12.1 Å². The predicted octanol–water partition coefficient (Wildman–Crippen LogP) is 3.31. The summed E-state index contributed by atoms with van der Waals surface area (Å²) in [6.07, 6.45) is -0.889. The molecule has 0 saturated carbocycles. The highest BCUT2D eigenvalue weighted by molar-refractivity contribution is 5.96. The van der Waals surface area contributed by atoms with E-state index >= 15 is 0 Å². The Morgan fingerprint density at radius 2 is 1.68 bits per heavy atom. The minimum Gasteiger partial charge on any atom is -0.481 e. The van der Waals surface area contributed by atoms with Crippen molar-refractivity contribution in [2.75, 3.05) is 5.32 Å². The van der Waals surface area contributed by atoms with Crippen molar-refractivity contribution in [3.8, 4) is 0 Å². The third-order valence-corrected chi connectivity index (χ3v) is 3.58. The summed E-state index contributed by atoms with van der Waals surface area (Å²) in [7, 11) is 0. The van der Waals surface area contributed by atoms with Gasteiger partial charge in [-0.25, -0.2) is 0 Å². The van der Waals surface area contributed by atoms with Crippen LogP contribution in [0.2, 0.25) is 0 Å². The van der Waals surface area contributed by atoms with Gasteiger partial charge < -0.3 is 10.4 Å². The average Bonchev–Trinajstić information content (AvgIpc) is 2.46. The van der Waals surface area contributed by atoms with Gasteiger partial charge in [0.2, 0.25) is 5.91 Å². The van der Waals surface area contributed by atoms with Crippen LogP contribution >= 0.6 is 0 Å². The van der Waals surface area contributed by atoms with Crippen molar-refractivity contribution in [2.24, 2.45) is 11.8 Å². The van der Waals surface area contributed by atoms with Gasteiger partial charge in [-0.2, -0.15) is 13.2 Å². The fourth-order valence-electron chi connectivity index (χ4n) is 2.44. The monoisotopic (exact) mass is 313 g/mol. The smallest absolute Gasteiger partial charge is 0.418 e. The number of hydrogen-bond acceptors (Lipinski definition) is 2. The number of amides is 1. The number of carbonyl (C=O) groups is 2. The van der Waals surface area contributed by atoms with Crippen LogP contribution < -0.4 is 5.32 Å². The third kappa shape index (κ3) is 3.47. The van der Waals surface area contributed by atoms with Crippen molar-refractivity contribution < 1.29 is 27.9 Å². The first-order valence-electron chi connectivity index (χ1n) is 6.65. The second kappa shape index (κ2) is 6.21. The summed E-state index contributed by atoms with van der Waals surface area (Å²) < 4.78 is 38.7. The highest BCUT2D eigenvalue weighted by Crippen LogP contribution is 2.35. The number of halogens is 3. The van der Waals surface area contributed by atoms with Gasteiger partial charge in [0.1, 0.15) is 0 Å². The molecule has 1 aromatic carbocycles. The Labute approximate surface area is 124 Å². The van der Waals surface area contributed by atoms with Crippen LogP contribution in [0.4, 0.5) is 18.9 Å². The van der Waals surface area contributed by atoms with Crippen molar-refractivity contribution >= 4 is 17.6 Å². The number of nitrogens with one attached hydrogen (secondary N) is 1. The summed E-state index contributed by atoms with van der Waals surface area (Å²) in [5.74, 6) is -3.66. The number of carbonyl (C=O) groups excluding carboxylic acids is 1. The summed E-state index contributed by atoms with van der Waals surface area (Å²) in [5, 5.41) is 11.3. The lowest BCUT2D eigenvalue weighted by Gasteiger charge is -2.25. The molecule has 1 aliphatic rings. The Bertz CT molecular complexity index is 610. The fourth-order valence-corrected chi connectivity index (χ4v) is 2.44. The number of hydrogen-bond donors (Lipinski definition) is 2. The molecular formula is C15H14F3NO3. The number of benzene rings is 1. The molecule has 2 atom stereocenters. The number of para-hydroxylation sites is 1. The first kappa shape index (κ1) is 16.1. The molecule has 22 heavy (non-hydrogen) atoms. The van der Waals surface area contributed by atoms with E-state index in [4.69, 9.17) is 5.11 Å². The van der Waals surface area contributed by atoms with Gasteiger partial charge in [-0.15, -0.1) is 0 Å². The first-order valence-corrected chi connectivity index (χ1v) is 6.65. The molecule has 0 fully saturated rings. The van der Waals surface area contributed by atoms with Crippen molar-refractivity contribution in [3.63, 3.8) is 0 Å². The van der Waals surface area contributed by atoms with Crippen LogP contribution in [-0.2, 0) is 15.8 Å². The summed E-state index contributed by atoms with van der Waals surface area (Å²) >= 11 is 0. The molecule has 0 heterocycles. The van der Waals surface area contributed by atoms with E-state index in [0.29, 0.717) is 0 Å². The average molecular weight is 313 g/mol. The molecule has 118 valence electrons. The minimum absolute atomic E-state index is 0.189. The minimum atomic E-state index is -4.59. The molecule has 0 aliphatic heterocycles. The molecule has 2 rings (SSSR count). The molecule has 0 bridgehead atoms. The van der Waals surface area contributed by atoms with E-state index in [-0.39, 0.29) is 18.5 Å². The zero-order valence-corrected chi connectivity index (χ0v) is 11.4. The molecule has 1 aliphatic carbocycles. The maximum atomic E-state index is 12.9. The van der Waals surface area contributed by atoms with Crippen LogP contribution in [0, 0.1) is 11.8 Å². The third-order valence-electron chi connectivity index (χ3n) is 3.58. The van der Waals surface area contributed by atoms with Gasteiger partial charge in [-0.1, -0.05) is 24.3 Å². The van der Waals surface area contributed by atoms with E-state index in [9.17, 15) is 22.8 Å². The molecule has 1 amide bonds. The van der Waals surface area contributed by atoms with Crippen LogP contribution in [0.5, 0.6) is 0 Å². The molecule has 0 saturated heterocycles. The first-order chi connectivity index (χ1) is 10.3. The standard InChI is InChI=1S/C15H14F3NO3/c16-15(17,18)11-7-3-4-8-12(11)19-13(20)9-5-1-2-6-10(9)14(21)22/h1-4,7-10H,5-6H2,(H,19,20)(H,21,22)/t9-,10+/m0/s1. The Morgan fingerprint density at radius 1 is 1.09 bits per heavy atom. The van der Waals surface area contributed by atoms with Crippen molar-refractivity contribution in [1.29, 1.82) is 0 Å². The van der Waals surface area contributed by atoms with Crippen LogP contribution in [0.1, 0.15) is 18.4 Å². The van der Waals surface area contributed by atoms with E-state index in [0.717, 1.165) is 12.1 Å².